The van der Waals surface area contributed by atoms with Crippen molar-refractivity contribution in [1.29, 1.82) is 0 Å². The molecule has 0 aliphatic heterocycles. The van der Waals surface area contributed by atoms with Gasteiger partial charge in [0.25, 0.3) is 10.1 Å². The molecule has 0 fully saturated rings. The minimum Gasteiger partial charge on any atom is -0.469 e. The highest BCUT2D eigenvalue weighted by Gasteiger charge is 2.17. The van der Waals surface area contributed by atoms with Gasteiger partial charge in [-0.2, -0.15) is 8.42 Å². The maximum atomic E-state index is 11.6. The first-order valence-electron chi connectivity index (χ1n) is 5.59. The number of esters is 1. The van der Waals surface area contributed by atoms with Crippen molar-refractivity contribution in [2.24, 2.45) is 0 Å². The predicted octanol–water partition coefficient (Wildman–Crippen LogP) is 0.457. The van der Waals surface area contributed by atoms with Crippen molar-refractivity contribution in [3.8, 4) is 0 Å². The summed E-state index contributed by atoms with van der Waals surface area (Å²) in [4.78, 5) is 10.9. The van der Waals surface area contributed by atoms with E-state index in [-0.39, 0.29) is 12.2 Å². The fourth-order valence-corrected chi connectivity index (χ4v) is 2.39. The number of carbonyl (C=O) groups is 1. The maximum Gasteiger partial charge on any atom is 0.308 e. The summed E-state index contributed by atoms with van der Waals surface area (Å²) in [5.74, 6) is -0.907. The molecule has 1 atom stereocenters. The van der Waals surface area contributed by atoms with Crippen LogP contribution < -0.4 is 0 Å². The van der Waals surface area contributed by atoms with E-state index < -0.39 is 28.8 Å². The number of hydrogen-bond donors (Lipinski definition) is 1. The zero-order chi connectivity index (χ0) is 14.3. The average molecular weight is 288 g/mol. The number of ether oxygens (including phenoxy) is 1. The van der Waals surface area contributed by atoms with E-state index in [0.29, 0.717) is 5.56 Å². The minimum atomic E-state index is -3.78. The van der Waals surface area contributed by atoms with Crippen molar-refractivity contribution in [2.75, 3.05) is 13.7 Å². The molecule has 0 radical (unpaired) electrons. The number of hydrogen-bond acceptors (Lipinski definition) is 6. The van der Waals surface area contributed by atoms with Gasteiger partial charge < -0.3 is 9.84 Å². The smallest absolute Gasteiger partial charge is 0.308 e. The Hall–Kier alpha value is -1.44. The molecule has 0 spiro atoms. The first kappa shape index (κ1) is 15.6. The molecule has 0 heterocycles. The first-order valence-corrected chi connectivity index (χ1v) is 7.16. The SMILES string of the molecule is COC(=O)CC(O)COS(=O)(=O)Cc1ccccc1. The number of methoxy groups -OCH3 is 1. The summed E-state index contributed by atoms with van der Waals surface area (Å²) in [6.45, 7) is -0.468. The molecule has 1 rings (SSSR count). The second-order valence-electron chi connectivity index (χ2n) is 3.91. The minimum absolute atomic E-state index is 0.279. The summed E-state index contributed by atoms with van der Waals surface area (Å²) < 4.78 is 32.2. The van der Waals surface area contributed by atoms with E-state index in [1.54, 1.807) is 30.3 Å². The lowest BCUT2D eigenvalue weighted by Gasteiger charge is -2.10. The zero-order valence-corrected chi connectivity index (χ0v) is 11.3. The van der Waals surface area contributed by atoms with Crippen LogP contribution in [0.5, 0.6) is 0 Å². The van der Waals surface area contributed by atoms with Crippen molar-refractivity contribution >= 4 is 16.1 Å². The van der Waals surface area contributed by atoms with Crippen molar-refractivity contribution in [2.45, 2.75) is 18.3 Å². The number of benzene rings is 1. The fraction of sp³-hybridized carbons (Fsp3) is 0.417. The van der Waals surface area contributed by atoms with Gasteiger partial charge in [0, 0.05) is 0 Å². The van der Waals surface area contributed by atoms with E-state index in [2.05, 4.69) is 8.92 Å². The van der Waals surface area contributed by atoms with Crippen LogP contribution in [0.3, 0.4) is 0 Å². The van der Waals surface area contributed by atoms with Crippen LogP contribution >= 0.6 is 0 Å². The molecule has 0 bridgehead atoms. The Morgan fingerprint density at radius 1 is 1.32 bits per heavy atom. The van der Waals surface area contributed by atoms with Gasteiger partial charge in [0.05, 0.1) is 26.2 Å². The fourth-order valence-electron chi connectivity index (χ4n) is 1.34. The summed E-state index contributed by atoms with van der Waals surface area (Å²) in [6, 6.07) is 8.53. The lowest BCUT2D eigenvalue weighted by Crippen LogP contribution is -2.23. The highest BCUT2D eigenvalue weighted by Crippen LogP contribution is 2.08. The molecule has 0 aromatic heterocycles. The Balaban J connectivity index is 2.45. The molecule has 1 aromatic rings. The molecule has 0 aliphatic carbocycles. The second-order valence-corrected chi connectivity index (χ2v) is 5.55. The average Bonchev–Trinajstić information content (AvgIpc) is 2.37. The van der Waals surface area contributed by atoms with Gasteiger partial charge in [0.1, 0.15) is 5.75 Å². The third-order valence-electron chi connectivity index (χ3n) is 2.26. The van der Waals surface area contributed by atoms with Crippen LogP contribution in [0.25, 0.3) is 0 Å². The van der Waals surface area contributed by atoms with Crippen molar-refractivity contribution in [1.82, 2.24) is 0 Å². The summed E-state index contributed by atoms with van der Waals surface area (Å²) >= 11 is 0. The highest BCUT2D eigenvalue weighted by atomic mass is 32.2. The maximum absolute atomic E-state index is 11.6. The van der Waals surface area contributed by atoms with Gasteiger partial charge in [-0.05, 0) is 5.56 Å². The number of aliphatic hydroxyl groups is 1. The van der Waals surface area contributed by atoms with Crippen LogP contribution in [0.4, 0.5) is 0 Å². The quantitative estimate of drug-likeness (QED) is 0.579. The van der Waals surface area contributed by atoms with Gasteiger partial charge in [-0.1, -0.05) is 30.3 Å². The van der Waals surface area contributed by atoms with Crippen LogP contribution in [0.2, 0.25) is 0 Å². The van der Waals surface area contributed by atoms with Crippen molar-refractivity contribution in [3.63, 3.8) is 0 Å². The van der Waals surface area contributed by atoms with Crippen molar-refractivity contribution < 1.29 is 27.2 Å². The van der Waals surface area contributed by atoms with E-state index in [1.807, 2.05) is 0 Å². The number of aliphatic hydroxyl groups excluding tert-OH is 1. The first-order chi connectivity index (χ1) is 8.93. The van der Waals surface area contributed by atoms with Crippen LogP contribution in [0.15, 0.2) is 30.3 Å². The molecule has 1 aromatic carbocycles. The molecular formula is C12H16O6S. The summed E-state index contributed by atoms with van der Waals surface area (Å²) in [5, 5.41) is 9.39. The van der Waals surface area contributed by atoms with E-state index in [0.717, 1.165) is 0 Å². The van der Waals surface area contributed by atoms with Gasteiger partial charge in [0.2, 0.25) is 0 Å². The van der Waals surface area contributed by atoms with Gasteiger partial charge in [0.15, 0.2) is 0 Å². The molecule has 0 aliphatic rings. The molecule has 106 valence electrons. The summed E-state index contributed by atoms with van der Waals surface area (Å²) in [7, 11) is -2.60. The molecule has 1 unspecified atom stereocenters. The largest absolute Gasteiger partial charge is 0.469 e. The van der Waals surface area contributed by atoms with E-state index in [9.17, 15) is 18.3 Å². The Labute approximate surface area is 112 Å². The lowest BCUT2D eigenvalue weighted by molar-refractivity contribution is -0.143. The van der Waals surface area contributed by atoms with Gasteiger partial charge in [-0.15, -0.1) is 0 Å². The molecule has 6 nitrogen and oxygen atoms in total. The summed E-state index contributed by atoms with van der Waals surface area (Å²) in [5.41, 5.74) is 0.588. The molecule has 0 saturated carbocycles. The van der Waals surface area contributed by atoms with E-state index >= 15 is 0 Å². The van der Waals surface area contributed by atoms with Crippen LogP contribution in [0.1, 0.15) is 12.0 Å². The third-order valence-corrected chi connectivity index (χ3v) is 3.44. The standard InChI is InChI=1S/C12H16O6S/c1-17-12(14)7-11(13)8-18-19(15,16)9-10-5-3-2-4-6-10/h2-6,11,13H,7-9H2,1H3. The number of rotatable bonds is 7. The summed E-state index contributed by atoms with van der Waals surface area (Å²) in [6.07, 6.45) is -1.52. The van der Waals surface area contributed by atoms with Crippen LogP contribution in [0, 0.1) is 0 Å². The Morgan fingerprint density at radius 3 is 2.53 bits per heavy atom. The second kappa shape index (κ2) is 7.22. The molecule has 1 N–H and O–H groups in total. The molecule has 0 saturated heterocycles. The monoisotopic (exact) mass is 288 g/mol. The zero-order valence-electron chi connectivity index (χ0n) is 10.5. The van der Waals surface area contributed by atoms with Crippen molar-refractivity contribution in [3.05, 3.63) is 35.9 Å². The van der Waals surface area contributed by atoms with E-state index in [4.69, 9.17) is 0 Å². The Kier molecular flexibility index (Phi) is 5.94. The number of carbonyl (C=O) groups excluding carboxylic acids is 1. The van der Waals surface area contributed by atoms with Gasteiger partial charge in [-0.3, -0.25) is 8.98 Å². The topological polar surface area (TPSA) is 89.9 Å². The van der Waals surface area contributed by atoms with E-state index in [1.165, 1.54) is 7.11 Å². The third kappa shape index (κ3) is 6.32. The molecule has 0 amide bonds. The van der Waals surface area contributed by atoms with Crippen LogP contribution in [-0.4, -0.2) is 39.3 Å². The Morgan fingerprint density at radius 2 is 1.95 bits per heavy atom. The lowest BCUT2D eigenvalue weighted by atomic mass is 10.2. The molecule has 7 heteroatoms. The van der Waals surface area contributed by atoms with Gasteiger partial charge >= 0.3 is 5.97 Å². The molecular weight excluding hydrogens is 272 g/mol. The normalized spacial score (nSPS) is 12.9. The predicted molar refractivity (Wildman–Crippen MR) is 67.7 cm³/mol. The molecule has 19 heavy (non-hydrogen) atoms. The van der Waals surface area contributed by atoms with Gasteiger partial charge in [-0.25, -0.2) is 0 Å². The van der Waals surface area contributed by atoms with Crippen LogP contribution in [-0.2, 0) is 29.6 Å². The highest BCUT2D eigenvalue weighted by molar-refractivity contribution is 7.85. The Bertz CT molecular complexity index is 496.